The fourth-order valence-electron chi connectivity index (χ4n) is 1.35. The van der Waals surface area contributed by atoms with Crippen LogP contribution < -0.4 is 0 Å². The first-order chi connectivity index (χ1) is 7.50. The van der Waals surface area contributed by atoms with E-state index in [1.165, 1.54) is 16.9 Å². The van der Waals surface area contributed by atoms with Gasteiger partial charge in [0.2, 0.25) is 11.0 Å². The average molecular weight is 261 g/mol. The van der Waals surface area contributed by atoms with E-state index in [1.54, 1.807) is 7.05 Å². The maximum Gasteiger partial charge on any atom is 0.371 e. The summed E-state index contributed by atoms with van der Waals surface area (Å²) >= 11 is 11.7. The Hall–Kier alpha value is -1.46. The van der Waals surface area contributed by atoms with E-state index in [4.69, 9.17) is 32.7 Å². The van der Waals surface area contributed by atoms with Crippen LogP contribution in [0.15, 0.2) is 16.7 Å². The molecule has 16 heavy (non-hydrogen) atoms. The third kappa shape index (κ3) is 1.68. The van der Waals surface area contributed by atoms with Crippen LogP contribution in [0.4, 0.5) is 0 Å². The molecule has 0 aliphatic carbocycles. The van der Waals surface area contributed by atoms with Gasteiger partial charge in [-0.3, -0.25) is 4.68 Å². The van der Waals surface area contributed by atoms with Gasteiger partial charge in [0.05, 0.1) is 22.5 Å². The van der Waals surface area contributed by atoms with Crippen molar-refractivity contribution >= 4 is 29.2 Å². The van der Waals surface area contributed by atoms with E-state index in [-0.39, 0.29) is 11.0 Å². The molecule has 0 aromatic carbocycles. The number of aromatic nitrogens is 2. The van der Waals surface area contributed by atoms with Crippen molar-refractivity contribution in [1.29, 1.82) is 0 Å². The number of halogens is 2. The lowest BCUT2D eigenvalue weighted by molar-refractivity contribution is 0.0662. The number of aromatic carboxylic acids is 1. The molecular weight excluding hydrogens is 255 g/mol. The predicted molar refractivity (Wildman–Crippen MR) is 57.9 cm³/mol. The minimum absolute atomic E-state index is 0.0251. The summed E-state index contributed by atoms with van der Waals surface area (Å²) in [5.41, 5.74) is 0.923. The van der Waals surface area contributed by atoms with Crippen molar-refractivity contribution in [1.82, 2.24) is 9.78 Å². The van der Waals surface area contributed by atoms with E-state index < -0.39 is 5.97 Å². The van der Waals surface area contributed by atoms with E-state index in [2.05, 4.69) is 5.10 Å². The molecule has 84 valence electrons. The maximum atomic E-state index is 10.7. The highest BCUT2D eigenvalue weighted by Gasteiger charge is 2.20. The second kappa shape index (κ2) is 3.84. The van der Waals surface area contributed by atoms with Crippen LogP contribution in [0.5, 0.6) is 0 Å². The van der Waals surface area contributed by atoms with Crippen LogP contribution in [0, 0.1) is 0 Å². The first-order valence-electron chi connectivity index (χ1n) is 4.21. The van der Waals surface area contributed by atoms with E-state index in [9.17, 15) is 4.79 Å². The Bertz CT molecular complexity index is 540. The second-order valence-electron chi connectivity index (χ2n) is 3.07. The molecule has 7 heteroatoms. The largest absolute Gasteiger partial charge is 0.475 e. The smallest absolute Gasteiger partial charge is 0.371 e. The first-order valence-corrected chi connectivity index (χ1v) is 4.96. The van der Waals surface area contributed by atoms with Crippen LogP contribution >= 0.6 is 23.2 Å². The number of hydrogen-bond donors (Lipinski definition) is 1. The van der Waals surface area contributed by atoms with Gasteiger partial charge in [-0.2, -0.15) is 5.10 Å². The first kappa shape index (κ1) is 11.0. The number of carboxylic acid groups (broad SMARTS) is 1. The summed E-state index contributed by atoms with van der Waals surface area (Å²) in [6.45, 7) is 0. The van der Waals surface area contributed by atoms with Gasteiger partial charge in [0.15, 0.2) is 0 Å². The average Bonchev–Trinajstić information content (AvgIpc) is 2.71. The molecule has 0 aliphatic rings. The molecule has 0 saturated carbocycles. The summed E-state index contributed by atoms with van der Waals surface area (Å²) in [5, 5.41) is 13.0. The molecule has 0 radical (unpaired) electrons. The quantitative estimate of drug-likeness (QED) is 0.902. The van der Waals surface area contributed by atoms with E-state index in [0.29, 0.717) is 16.3 Å². The lowest BCUT2D eigenvalue weighted by Crippen LogP contribution is -1.94. The highest BCUT2D eigenvalue weighted by molar-refractivity contribution is 6.35. The Kier molecular flexibility index (Phi) is 2.65. The maximum absolute atomic E-state index is 10.7. The molecule has 2 aromatic heterocycles. The predicted octanol–water partition coefficient (Wildman–Crippen LogP) is 2.69. The Labute approximate surface area is 100 Å². The molecular formula is C9H6Cl2N2O3. The zero-order valence-electron chi connectivity index (χ0n) is 8.07. The molecule has 0 spiro atoms. The molecule has 5 nitrogen and oxygen atoms in total. The normalized spacial score (nSPS) is 10.7. The number of rotatable bonds is 2. The van der Waals surface area contributed by atoms with Gasteiger partial charge in [0, 0.05) is 13.1 Å². The number of carbonyl (C=O) groups is 1. The SMILES string of the molecule is Cn1ncc(Cl)c1-c1cc(C(=O)O)oc1Cl. The molecule has 1 N–H and O–H groups in total. The summed E-state index contributed by atoms with van der Waals surface area (Å²) in [6, 6.07) is 1.31. The molecule has 2 aromatic rings. The van der Waals surface area contributed by atoms with Crippen LogP contribution in [0.25, 0.3) is 11.3 Å². The third-order valence-corrected chi connectivity index (χ3v) is 2.60. The van der Waals surface area contributed by atoms with Gasteiger partial charge < -0.3 is 9.52 Å². The fraction of sp³-hybridized carbons (Fsp3) is 0.111. The van der Waals surface area contributed by atoms with Crippen LogP contribution in [0.1, 0.15) is 10.6 Å². The molecule has 0 atom stereocenters. The van der Waals surface area contributed by atoms with Gasteiger partial charge in [0.25, 0.3) is 0 Å². The summed E-state index contributed by atoms with van der Waals surface area (Å²) in [5.74, 6) is -1.43. The molecule has 0 saturated heterocycles. The Morgan fingerprint density at radius 2 is 2.25 bits per heavy atom. The van der Waals surface area contributed by atoms with Gasteiger partial charge in [-0.15, -0.1) is 0 Å². The monoisotopic (exact) mass is 260 g/mol. The lowest BCUT2D eigenvalue weighted by atomic mass is 10.2. The van der Waals surface area contributed by atoms with Crippen molar-refractivity contribution in [2.24, 2.45) is 7.05 Å². The topological polar surface area (TPSA) is 68.3 Å². The van der Waals surface area contributed by atoms with Gasteiger partial charge in [0.1, 0.15) is 0 Å². The molecule has 0 fully saturated rings. The van der Waals surface area contributed by atoms with E-state index >= 15 is 0 Å². The standard InChI is InChI=1S/C9H6Cl2N2O3/c1-13-7(5(10)3-12-13)4-2-6(9(14)15)16-8(4)11/h2-3H,1H3,(H,14,15). The Morgan fingerprint density at radius 1 is 1.56 bits per heavy atom. The summed E-state index contributed by atoms with van der Waals surface area (Å²) < 4.78 is 6.37. The Morgan fingerprint density at radius 3 is 2.69 bits per heavy atom. The molecule has 0 unspecified atom stereocenters. The van der Waals surface area contributed by atoms with Crippen molar-refractivity contribution in [3.05, 3.63) is 28.3 Å². The van der Waals surface area contributed by atoms with Crippen LogP contribution in [-0.2, 0) is 7.05 Å². The van der Waals surface area contributed by atoms with Crippen LogP contribution in [0.3, 0.4) is 0 Å². The third-order valence-electron chi connectivity index (χ3n) is 2.05. The van der Waals surface area contributed by atoms with Crippen molar-refractivity contribution < 1.29 is 14.3 Å². The zero-order chi connectivity index (χ0) is 11.9. The molecule has 2 rings (SSSR count). The van der Waals surface area contributed by atoms with Crippen molar-refractivity contribution in [2.75, 3.05) is 0 Å². The highest BCUT2D eigenvalue weighted by atomic mass is 35.5. The summed E-state index contributed by atoms with van der Waals surface area (Å²) in [4.78, 5) is 10.7. The van der Waals surface area contributed by atoms with E-state index in [0.717, 1.165) is 0 Å². The number of aryl methyl sites for hydroxylation is 1. The Balaban J connectivity index is 2.61. The minimum atomic E-state index is -1.19. The summed E-state index contributed by atoms with van der Waals surface area (Å²) in [6.07, 6.45) is 1.45. The molecule has 0 bridgehead atoms. The van der Waals surface area contributed by atoms with Gasteiger partial charge in [-0.1, -0.05) is 11.6 Å². The zero-order valence-corrected chi connectivity index (χ0v) is 9.58. The van der Waals surface area contributed by atoms with Crippen molar-refractivity contribution in [2.45, 2.75) is 0 Å². The lowest BCUT2D eigenvalue weighted by Gasteiger charge is -1.98. The van der Waals surface area contributed by atoms with Gasteiger partial charge in [-0.25, -0.2) is 4.79 Å². The van der Waals surface area contributed by atoms with Crippen molar-refractivity contribution in [3.8, 4) is 11.3 Å². The minimum Gasteiger partial charge on any atom is -0.475 e. The number of hydrogen-bond acceptors (Lipinski definition) is 3. The molecule has 2 heterocycles. The van der Waals surface area contributed by atoms with Crippen LogP contribution in [0.2, 0.25) is 10.2 Å². The fourth-order valence-corrected chi connectivity index (χ4v) is 1.84. The van der Waals surface area contributed by atoms with Crippen molar-refractivity contribution in [3.63, 3.8) is 0 Å². The number of nitrogens with zero attached hydrogens (tertiary/aromatic N) is 2. The second-order valence-corrected chi connectivity index (χ2v) is 3.82. The molecule has 0 amide bonds. The van der Waals surface area contributed by atoms with Gasteiger partial charge >= 0.3 is 5.97 Å². The van der Waals surface area contributed by atoms with Crippen LogP contribution in [-0.4, -0.2) is 20.9 Å². The number of carboxylic acids is 1. The highest BCUT2D eigenvalue weighted by Crippen LogP contribution is 2.35. The summed E-state index contributed by atoms with van der Waals surface area (Å²) in [7, 11) is 1.67. The molecule has 0 aliphatic heterocycles. The van der Waals surface area contributed by atoms with E-state index in [1.807, 2.05) is 0 Å². The van der Waals surface area contributed by atoms with Gasteiger partial charge in [-0.05, 0) is 11.6 Å². The number of furan rings is 1.